The van der Waals surface area contributed by atoms with Gasteiger partial charge >= 0.3 is 6.03 Å². The Morgan fingerprint density at radius 1 is 1.09 bits per heavy atom. The highest BCUT2D eigenvalue weighted by Crippen LogP contribution is 2.21. The van der Waals surface area contributed by atoms with Gasteiger partial charge in [0.25, 0.3) is 0 Å². The molecule has 0 aromatic heterocycles. The van der Waals surface area contributed by atoms with Gasteiger partial charge in [-0.2, -0.15) is 0 Å². The Hall–Kier alpha value is -1.88. The molecule has 0 aliphatic heterocycles. The molecule has 0 unspecified atom stereocenters. The van der Waals surface area contributed by atoms with Crippen molar-refractivity contribution in [2.45, 2.75) is 46.6 Å². The number of carbonyl (C=O) groups is 2. The lowest BCUT2D eigenvalue weighted by molar-refractivity contribution is -0.119. The highest BCUT2D eigenvalue weighted by atomic mass is 16.2. The van der Waals surface area contributed by atoms with Crippen LogP contribution in [0.3, 0.4) is 0 Å². The van der Waals surface area contributed by atoms with Crippen LogP contribution in [0.25, 0.3) is 0 Å². The minimum Gasteiger partial charge on any atom is -0.338 e. The zero-order valence-electron chi connectivity index (χ0n) is 14.6. The fourth-order valence-corrected chi connectivity index (χ4v) is 2.36. The first kappa shape index (κ1) is 19.2. The number of carbonyl (C=O) groups excluding carboxylic acids is 2. The van der Waals surface area contributed by atoms with E-state index in [1.807, 2.05) is 6.92 Å². The van der Waals surface area contributed by atoms with Crippen molar-refractivity contribution in [3.05, 3.63) is 35.4 Å². The van der Waals surface area contributed by atoms with Crippen molar-refractivity contribution < 1.29 is 9.59 Å². The van der Waals surface area contributed by atoms with E-state index in [-0.39, 0.29) is 18.5 Å². The summed E-state index contributed by atoms with van der Waals surface area (Å²) in [4.78, 5) is 23.3. The smallest absolute Gasteiger partial charge is 0.321 e. The molecule has 3 amide bonds. The summed E-state index contributed by atoms with van der Waals surface area (Å²) >= 11 is 0. The molecule has 1 aromatic rings. The Morgan fingerprint density at radius 3 is 2.26 bits per heavy atom. The third kappa shape index (κ3) is 6.82. The predicted octanol–water partition coefficient (Wildman–Crippen LogP) is 2.77. The van der Waals surface area contributed by atoms with E-state index in [2.05, 4.69) is 61.0 Å². The molecule has 3 N–H and O–H groups in total. The number of imide groups is 1. The van der Waals surface area contributed by atoms with Crippen molar-refractivity contribution in [2.75, 3.05) is 13.1 Å². The molecule has 0 radical (unpaired) electrons. The van der Waals surface area contributed by atoms with Gasteiger partial charge in [-0.05, 0) is 29.9 Å². The summed E-state index contributed by atoms with van der Waals surface area (Å²) in [6, 6.07) is 8.07. The fourth-order valence-electron chi connectivity index (χ4n) is 2.36. The average molecular weight is 319 g/mol. The van der Waals surface area contributed by atoms with Crippen molar-refractivity contribution in [1.29, 1.82) is 0 Å². The summed E-state index contributed by atoms with van der Waals surface area (Å²) in [5.74, 6) is 0.0126. The van der Waals surface area contributed by atoms with Gasteiger partial charge in [0.05, 0.1) is 6.54 Å². The molecule has 128 valence electrons. The number of benzene rings is 1. The first-order chi connectivity index (χ1) is 11.0. The van der Waals surface area contributed by atoms with Crippen molar-refractivity contribution in [3.63, 3.8) is 0 Å². The maximum Gasteiger partial charge on any atom is 0.321 e. The second kappa shape index (κ2) is 10.0. The highest BCUT2D eigenvalue weighted by molar-refractivity contribution is 5.95. The van der Waals surface area contributed by atoms with Crippen LogP contribution in [-0.2, 0) is 11.2 Å². The molecule has 0 saturated carbocycles. The zero-order chi connectivity index (χ0) is 17.2. The van der Waals surface area contributed by atoms with Crippen LogP contribution < -0.4 is 16.0 Å². The van der Waals surface area contributed by atoms with Crippen molar-refractivity contribution in [3.8, 4) is 0 Å². The first-order valence-corrected chi connectivity index (χ1v) is 8.37. The molecule has 5 heteroatoms. The number of nitrogens with one attached hydrogen (secondary N) is 3. The molecule has 1 rings (SSSR count). The third-order valence-corrected chi connectivity index (χ3v) is 3.68. The van der Waals surface area contributed by atoms with Gasteiger partial charge in [-0.25, -0.2) is 4.79 Å². The van der Waals surface area contributed by atoms with Crippen LogP contribution in [0.2, 0.25) is 0 Å². The lowest BCUT2D eigenvalue weighted by Crippen LogP contribution is -2.44. The van der Waals surface area contributed by atoms with Crippen LogP contribution in [-0.4, -0.2) is 25.0 Å². The molecule has 1 aromatic carbocycles. The molecule has 0 saturated heterocycles. The minimum atomic E-state index is -0.438. The van der Waals surface area contributed by atoms with E-state index in [1.54, 1.807) is 0 Å². The molecule has 0 spiro atoms. The minimum absolute atomic E-state index is 0.0744. The SMILES string of the molecule is CCCNC(=O)NC(=O)CN[C@H](c1ccc(CC)cc1)C(C)C. The molecule has 0 heterocycles. The monoisotopic (exact) mass is 319 g/mol. The van der Waals surface area contributed by atoms with E-state index < -0.39 is 6.03 Å². The lowest BCUT2D eigenvalue weighted by atomic mass is 9.95. The van der Waals surface area contributed by atoms with E-state index in [0.717, 1.165) is 18.4 Å². The van der Waals surface area contributed by atoms with Crippen molar-refractivity contribution >= 4 is 11.9 Å². The van der Waals surface area contributed by atoms with Crippen LogP contribution in [0.5, 0.6) is 0 Å². The summed E-state index contributed by atoms with van der Waals surface area (Å²) < 4.78 is 0. The van der Waals surface area contributed by atoms with Gasteiger partial charge in [0.1, 0.15) is 0 Å². The zero-order valence-corrected chi connectivity index (χ0v) is 14.6. The van der Waals surface area contributed by atoms with Gasteiger partial charge in [0.15, 0.2) is 0 Å². The molecular formula is C18H29N3O2. The summed E-state index contributed by atoms with van der Waals surface area (Å²) in [5.41, 5.74) is 2.45. The molecule has 5 nitrogen and oxygen atoms in total. The van der Waals surface area contributed by atoms with Gasteiger partial charge in [0.2, 0.25) is 5.91 Å². The predicted molar refractivity (Wildman–Crippen MR) is 93.2 cm³/mol. The van der Waals surface area contributed by atoms with Crippen molar-refractivity contribution in [2.24, 2.45) is 5.92 Å². The third-order valence-electron chi connectivity index (χ3n) is 3.68. The number of hydrogen-bond donors (Lipinski definition) is 3. The molecule has 23 heavy (non-hydrogen) atoms. The maximum absolute atomic E-state index is 11.8. The average Bonchev–Trinajstić information content (AvgIpc) is 2.53. The number of hydrogen-bond acceptors (Lipinski definition) is 3. The van der Waals surface area contributed by atoms with Gasteiger partial charge in [0, 0.05) is 12.6 Å². The van der Waals surface area contributed by atoms with E-state index >= 15 is 0 Å². The molecule has 0 fully saturated rings. The first-order valence-electron chi connectivity index (χ1n) is 8.37. The summed E-state index contributed by atoms with van der Waals surface area (Å²) in [6.45, 7) is 8.97. The second-order valence-corrected chi connectivity index (χ2v) is 6.00. The Balaban J connectivity index is 2.56. The quantitative estimate of drug-likeness (QED) is 0.690. The Kier molecular flexibility index (Phi) is 8.33. The Morgan fingerprint density at radius 2 is 1.74 bits per heavy atom. The number of rotatable bonds is 8. The molecule has 0 bridgehead atoms. The molecule has 0 aliphatic carbocycles. The summed E-state index contributed by atoms with van der Waals surface area (Å²) in [5, 5.41) is 8.19. The van der Waals surface area contributed by atoms with E-state index in [1.165, 1.54) is 5.56 Å². The molecular weight excluding hydrogens is 290 g/mol. The number of amides is 3. The highest BCUT2D eigenvalue weighted by Gasteiger charge is 2.17. The van der Waals surface area contributed by atoms with E-state index in [0.29, 0.717) is 12.5 Å². The fraction of sp³-hybridized carbons (Fsp3) is 0.556. The molecule has 1 atom stereocenters. The van der Waals surface area contributed by atoms with E-state index in [4.69, 9.17) is 0 Å². The normalized spacial score (nSPS) is 12.0. The van der Waals surface area contributed by atoms with Crippen molar-refractivity contribution in [1.82, 2.24) is 16.0 Å². The Labute approximate surface area is 139 Å². The standard InChI is InChI=1S/C18H29N3O2/c1-5-11-19-18(23)21-16(22)12-20-17(13(3)4)15-9-7-14(6-2)8-10-15/h7-10,13,17,20H,5-6,11-12H2,1-4H3,(H2,19,21,22,23)/t17-/m0/s1. The van der Waals surface area contributed by atoms with Crippen LogP contribution in [0, 0.1) is 5.92 Å². The van der Waals surface area contributed by atoms with Crippen LogP contribution in [0.4, 0.5) is 4.79 Å². The van der Waals surface area contributed by atoms with Gasteiger partial charge in [-0.1, -0.05) is 52.0 Å². The number of aryl methyl sites for hydroxylation is 1. The molecule has 0 aliphatic rings. The van der Waals surface area contributed by atoms with Crippen LogP contribution in [0.1, 0.15) is 51.3 Å². The summed E-state index contributed by atoms with van der Waals surface area (Å²) in [6.07, 6.45) is 1.85. The number of urea groups is 1. The largest absolute Gasteiger partial charge is 0.338 e. The maximum atomic E-state index is 11.8. The lowest BCUT2D eigenvalue weighted by Gasteiger charge is -2.23. The summed E-state index contributed by atoms with van der Waals surface area (Å²) in [7, 11) is 0. The topological polar surface area (TPSA) is 70.2 Å². The van der Waals surface area contributed by atoms with Gasteiger partial charge in [-0.15, -0.1) is 0 Å². The van der Waals surface area contributed by atoms with Gasteiger partial charge in [-0.3, -0.25) is 10.1 Å². The Bertz CT molecular complexity index is 497. The second-order valence-electron chi connectivity index (χ2n) is 6.00. The van der Waals surface area contributed by atoms with Crippen LogP contribution >= 0.6 is 0 Å². The van der Waals surface area contributed by atoms with Crippen LogP contribution in [0.15, 0.2) is 24.3 Å². The van der Waals surface area contributed by atoms with Gasteiger partial charge < -0.3 is 10.6 Å². The van der Waals surface area contributed by atoms with E-state index in [9.17, 15) is 9.59 Å².